The van der Waals surface area contributed by atoms with E-state index in [1.807, 2.05) is 13.0 Å². The first-order valence-corrected chi connectivity index (χ1v) is 7.02. The van der Waals surface area contributed by atoms with Gasteiger partial charge in [0.15, 0.2) is 18.1 Å². The quantitative estimate of drug-likeness (QED) is 0.831. The van der Waals surface area contributed by atoms with E-state index in [1.54, 1.807) is 11.0 Å². The molecule has 0 bridgehead atoms. The van der Waals surface area contributed by atoms with Gasteiger partial charge in [-0.3, -0.25) is 4.79 Å². The minimum absolute atomic E-state index is 0.0568. The molecule has 1 aromatic rings. The molecule has 0 unspecified atom stereocenters. The number of hydrogen-bond donors (Lipinski definition) is 1. The van der Waals surface area contributed by atoms with Crippen molar-refractivity contribution in [2.75, 3.05) is 32.0 Å². The predicted molar refractivity (Wildman–Crippen MR) is 78.0 cm³/mol. The van der Waals surface area contributed by atoms with Gasteiger partial charge in [-0.2, -0.15) is 5.26 Å². The Balaban J connectivity index is 2.11. The van der Waals surface area contributed by atoms with Gasteiger partial charge in [0.2, 0.25) is 0 Å². The largest absolute Gasteiger partial charge is 0.490 e. The number of amides is 1. The molecule has 6 heteroatoms. The van der Waals surface area contributed by atoms with Gasteiger partial charge in [-0.15, -0.1) is 0 Å². The molecule has 6 nitrogen and oxygen atoms in total. The Bertz CT molecular complexity index is 560. The molecule has 1 saturated heterocycles. The summed E-state index contributed by atoms with van der Waals surface area (Å²) >= 11 is 0. The van der Waals surface area contributed by atoms with Crippen LogP contribution in [-0.2, 0) is 4.79 Å². The molecule has 0 saturated carbocycles. The van der Waals surface area contributed by atoms with Crippen molar-refractivity contribution in [2.24, 2.45) is 0 Å². The summed E-state index contributed by atoms with van der Waals surface area (Å²) < 4.78 is 11.0. The Morgan fingerprint density at radius 2 is 2.10 bits per heavy atom. The van der Waals surface area contributed by atoms with Gasteiger partial charge >= 0.3 is 0 Å². The van der Waals surface area contributed by atoms with E-state index < -0.39 is 0 Å². The summed E-state index contributed by atoms with van der Waals surface area (Å²) in [6.07, 6.45) is 2.07. The summed E-state index contributed by atoms with van der Waals surface area (Å²) in [6, 6.07) is 5.09. The number of nitriles is 1. The van der Waals surface area contributed by atoms with Gasteiger partial charge in [-0.05, 0) is 25.8 Å². The Morgan fingerprint density at radius 3 is 2.71 bits per heavy atom. The summed E-state index contributed by atoms with van der Waals surface area (Å²) in [5.74, 6) is 0.658. The van der Waals surface area contributed by atoms with Crippen molar-refractivity contribution in [3.8, 4) is 17.6 Å². The SMILES string of the molecule is CCOc1cc(C#N)cc(N)c1OCC(=O)N1CCCC1. The second-order valence-electron chi connectivity index (χ2n) is 4.81. The fraction of sp³-hybridized carbons (Fsp3) is 0.467. The van der Waals surface area contributed by atoms with Gasteiger partial charge in [0, 0.05) is 19.2 Å². The smallest absolute Gasteiger partial charge is 0.260 e. The molecule has 1 aliphatic rings. The lowest BCUT2D eigenvalue weighted by molar-refractivity contribution is -0.132. The maximum Gasteiger partial charge on any atom is 0.260 e. The first-order valence-electron chi connectivity index (χ1n) is 7.02. The highest BCUT2D eigenvalue weighted by Gasteiger charge is 2.20. The molecule has 112 valence electrons. The molecule has 0 spiro atoms. The van der Waals surface area contributed by atoms with Crippen LogP contribution in [0.3, 0.4) is 0 Å². The van der Waals surface area contributed by atoms with Crippen LogP contribution in [0.5, 0.6) is 11.5 Å². The van der Waals surface area contributed by atoms with E-state index >= 15 is 0 Å². The molecule has 0 atom stereocenters. The number of ether oxygens (including phenoxy) is 2. The van der Waals surface area contributed by atoms with Crippen LogP contribution >= 0.6 is 0 Å². The number of benzene rings is 1. The molecule has 2 rings (SSSR count). The number of nitrogens with two attached hydrogens (primary N) is 1. The average molecular weight is 289 g/mol. The molecule has 2 N–H and O–H groups in total. The molecule has 1 fully saturated rings. The molecule has 0 aromatic heterocycles. The number of likely N-dealkylation sites (tertiary alicyclic amines) is 1. The van der Waals surface area contributed by atoms with Crippen molar-refractivity contribution < 1.29 is 14.3 Å². The van der Waals surface area contributed by atoms with Gasteiger partial charge in [0.1, 0.15) is 0 Å². The highest BCUT2D eigenvalue weighted by Crippen LogP contribution is 2.35. The second kappa shape index (κ2) is 6.84. The van der Waals surface area contributed by atoms with Crippen molar-refractivity contribution in [2.45, 2.75) is 19.8 Å². The average Bonchev–Trinajstić information content (AvgIpc) is 3.00. The minimum Gasteiger partial charge on any atom is -0.490 e. The lowest BCUT2D eigenvalue weighted by Crippen LogP contribution is -2.32. The van der Waals surface area contributed by atoms with Crippen LogP contribution in [0.1, 0.15) is 25.3 Å². The zero-order chi connectivity index (χ0) is 15.2. The molecule has 1 amide bonds. The third-order valence-electron chi connectivity index (χ3n) is 3.31. The molecular formula is C15H19N3O3. The van der Waals surface area contributed by atoms with Crippen LogP contribution in [0.2, 0.25) is 0 Å². The fourth-order valence-corrected chi connectivity index (χ4v) is 2.30. The monoisotopic (exact) mass is 289 g/mol. The number of carbonyl (C=O) groups excluding carboxylic acids is 1. The number of nitrogens with zero attached hydrogens (tertiary/aromatic N) is 2. The number of nitrogen functional groups attached to an aromatic ring is 1. The van der Waals surface area contributed by atoms with Gasteiger partial charge < -0.3 is 20.1 Å². The van der Waals surface area contributed by atoms with E-state index in [4.69, 9.17) is 20.5 Å². The third-order valence-corrected chi connectivity index (χ3v) is 3.31. The first-order chi connectivity index (χ1) is 10.2. The molecule has 1 aliphatic heterocycles. The van der Waals surface area contributed by atoms with E-state index in [1.165, 1.54) is 6.07 Å². The molecule has 1 aromatic carbocycles. The lowest BCUT2D eigenvalue weighted by atomic mass is 10.2. The van der Waals surface area contributed by atoms with Crippen molar-refractivity contribution in [3.05, 3.63) is 17.7 Å². The summed E-state index contributed by atoms with van der Waals surface area (Å²) in [5, 5.41) is 8.94. The highest BCUT2D eigenvalue weighted by atomic mass is 16.5. The summed E-state index contributed by atoms with van der Waals surface area (Å²) in [6.45, 7) is 3.74. The number of anilines is 1. The van der Waals surface area contributed by atoms with Crippen LogP contribution in [-0.4, -0.2) is 37.1 Å². The fourth-order valence-electron chi connectivity index (χ4n) is 2.30. The summed E-state index contributed by atoms with van der Waals surface area (Å²) in [7, 11) is 0. The summed E-state index contributed by atoms with van der Waals surface area (Å²) in [5.41, 5.74) is 6.58. The normalized spacial score (nSPS) is 13.8. The van der Waals surface area contributed by atoms with Crippen molar-refractivity contribution in [1.29, 1.82) is 5.26 Å². The Hall–Kier alpha value is -2.42. The standard InChI is InChI=1S/C15H19N3O3/c1-2-20-13-8-11(9-16)7-12(17)15(13)21-10-14(19)18-5-3-4-6-18/h7-8H,2-6,10,17H2,1H3. The Kier molecular flexibility index (Phi) is 4.88. The van der Waals surface area contributed by atoms with Gasteiger partial charge in [-0.1, -0.05) is 0 Å². The van der Waals surface area contributed by atoms with Crippen molar-refractivity contribution in [1.82, 2.24) is 4.90 Å². The second-order valence-corrected chi connectivity index (χ2v) is 4.81. The first kappa shape index (κ1) is 15.0. The molecule has 0 aliphatic carbocycles. The van der Waals surface area contributed by atoms with Crippen molar-refractivity contribution in [3.63, 3.8) is 0 Å². The van der Waals surface area contributed by atoms with Crippen LogP contribution in [0.25, 0.3) is 0 Å². The summed E-state index contributed by atoms with van der Waals surface area (Å²) in [4.78, 5) is 13.8. The number of hydrogen-bond acceptors (Lipinski definition) is 5. The van der Waals surface area contributed by atoms with Gasteiger partial charge in [-0.25, -0.2) is 0 Å². The predicted octanol–water partition coefficient (Wildman–Crippen LogP) is 1.54. The van der Waals surface area contributed by atoms with E-state index in [2.05, 4.69) is 0 Å². The lowest BCUT2D eigenvalue weighted by Gasteiger charge is -2.18. The number of carbonyl (C=O) groups is 1. The van der Waals surface area contributed by atoms with Crippen LogP contribution < -0.4 is 15.2 Å². The number of rotatable bonds is 5. The maximum atomic E-state index is 12.0. The van der Waals surface area contributed by atoms with Gasteiger partial charge in [0.25, 0.3) is 5.91 Å². The van der Waals surface area contributed by atoms with E-state index in [0.29, 0.717) is 29.4 Å². The maximum absolute atomic E-state index is 12.0. The van der Waals surface area contributed by atoms with Crippen LogP contribution in [0.15, 0.2) is 12.1 Å². The molecule has 21 heavy (non-hydrogen) atoms. The molecule has 1 heterocycles. The van der Waals surface area contributed by atoms with Crippen molar-refractivity contribution >= 4 is 11.6 Å². The topological polar surface area (TPSA) is 88.6 Å². The Labute approximate surface area is 124 Å². The van der Waals surface area contributed by atoms with Gasteiger partial charge in [0.05, 0.1) is 23.9 Å². The van der Waals surface area contributed by atoms with Crippen LogP contribution in [0.4, 0.5) is 5.69 Å². The molecular weight excluding hydrogens is 270 g/mol. The third kappa shape index (κ3) is 3.57. The Morgan fingerprint density at radius 1 is 1.38 bits per heavy atom. The van der Waals surface area contributed by atoms with E-state index in [-0.39, 0.29) is 12.5 Å². The zero-order valence-electron chi connectivity index (χ0n) is 12.1. The van der Waals surface area contributed by atoms with E-state index in [9.17, 15) is 4.79 Å². The minimum atomic E-state index is -0.0732. The zero-order valence-corrected chi connectivity index (χ0v) is 12.1. The molecule has 0 radical (unpaired) electrons. The highest BCUT2D eigenvalue weighted by molar-refractivity contribution is 5.78. The van der Waals surface area contributed by atoms with Crippen LogP contribution in [0, 0.1) is 11.3 Å². The van der Waals surface area contributed by atoms with E-state index in [0.717, 1.165) is 25.9 Å².